The number of Topliss-reactive ketones (excluding diaryl/α,β-unsaturated/α-hetero) is 1. The molecule has 0 spiro atoms. The van der Waals surface area contributed by atoms with Crippen molar-refractivity contribution in [3.05, 3.63) is 23.7 Å². The lowest BCUT2D eigenvalue weighted by molar-refractivity contribution is -0.152. The molecule has 0 fully saturated rings. The number of pyridine rings is 1. The minimum Gasteiger partial charge on any atom is -0.495 e. The highest BCUT2D eigenvalue weighted by Gasteiger charge is 2.38. The molecule has 3 heterocycles. The average molecular weight is 317 g/mol. The van der Waals surface area contributed by atoms with Crippen molar-refractivity contribution in [3.8, 4) is 11.6 Å². The van der Waals surface area contributed by atoms with Crippen LogP contribution in [-0.4, -0.2) is 52.5 Å². The molecule has 3 rings (SSSR count). The number of aromatic nitrogens is 4. The van der Waals surface area contributed by atoms with Gasteiger partial charge in [0.25, 0.3) is 0 Å². The molecule has 1 atom stereocenters. The molecule has 2 aromatic heterocycles. The van der Waals surface area contributed by atoms with E-state index in [0.717, 1.165) is 5.69 Å². The van der Waals surface area contributed by atoms with Gasteiger partial charge in [-0.25, -0.2) is 14.5 Å². The van der Waals surface area contributed by atoms with Crippen molar-refractivity contribution in [1.29, 1.82) is 0 Å². The number of nitrogens with one attached hydrogen (secondary N) is 1. The zero-order valence-corrected chi connectivity index (χ0v) is 12.9. The number of aryl methyl sites for hydroxylation is 1. The Labute approximate surface area is 131 Å². The fourth-order valence-electron chi connectivity index (χ4n) is 2.58. The Morgan fingerprint density at radius 3 is 2.78 bits per heavy atom. The van der Waals surface area contributed by atoms with Crippen LogP contribution in [0.1, 0.15) is 17.2 Å². The molecule has 0 amide bonds. The molecule has 1 unspecified atom stereocenters. The zero-order chi connectivity index (χ0) is 16.6. The van der Waals surface area contributed by atoms with Crippen molar-refractivity contribution in [1.82, 2.24) is 20.0 Å². The van der Waals surface area contributed by atoms with E-state index in [9.17, 15) is 9.59 Å². The Hall–Kier alpha value is -2.97. The Morgan fingerprint density at radius 1 is 1.39 bits per heavy atom. The summed E-state index contributed by atoms with van der Waals surface area (Å²) in [5.74, 6) is -1.31. The van der Waals surface area contributed by atoms with Gasteiger partial charge in [-0.05, 0) is 6.92 Å². The number of methoxy groups -OCH3 is 2. The van der Waals surface area contributed by atoms with Crippen LogP contribution in [0.25, 0.3) is 5.82 Å². The van der Waals surface area contributed by atoms with Crippen LogP contribution in [0.3, 0.4) is 0 Å². The van der Waals surface area contributed by atoms with Crippen LogP contribution in [0.2, 0.25) is 0 Å². The van der Waals surface area contributed by atoms with E-state index >= 15 is 0 Å². The second-order valence-electron chi connectivity index (χ2n) is 5.03. The fourth-order valence-corrected chi connectivity index (χ4v) is 2.58. The first-order chi connectivity index (χ1) is 11.1. The Bertz CT molecular complexity index is 785. The molecule has 1 aliphatic heterocycles. The van der Waals surface area contributed by atoms with Gasteiger partial charge in [0.1, 0.15) is 5.75 Å². The predicted octanol–water partition coefficient (Wildman–Crippen LogP) is 0.231. The minimum atomic E-state index is -0.887. The number of hydrogen-bond acceptors (Lipinski definition) is 8. The first-order valence-electron chi connectivity index (χ1n) is 6.89. The van der Waals surface area contributed by atoms with E-state index in [1.165, 1.54) is 25.1 Å². The summed E-state index contributed by atoms with van der Waals surface area (Å²) in [6, 6.07) is 0. The van der Waals surface area contributed by atoms with Crippen LogP contribution < -0.4 is 10.1 Å². The molecular formula is C14H15N5O4. The predicted molar refractivity (Wildman–Crippen MR) is 78.7 cm³/mol. The fraction of sp³-hybridized carbons (Fsp3) is 0.357. The summed E-state index contributed by atoms with van der Waals surface area (Å²) in [4.78, 5) is 28.1. The third-order valence-corrected chi connectivity index (χ3v) is 3.64. The van der Waals surface area contributed by atoms with Gasteiger partial charge in [-0.3, -0.25) is 4.79 Å². The molecule has 2 aromatic rings. The summed E-state index contributed by atoms with van der Waals surface area (Å²) in [7, 11) is 2.66. The van der Waals surface area contributed by atoms with Crippen LogP contribution >= 0.6 is 0 Å². The lowest BCUT2D eigenvalue weighted by atomic mass is 9.96. The Kier molecular flexibility index (Phi) is 3.68. The molecule has 0 aromatic carbocycles. The summed E-state index contributed by atoms with van der Waals surface area (Å²) >= 11 is 0. The highest BCUT2D eigenvalue weighted by atomic mass is 16.5. The molecule has 1 aliphatic rings. The van der Waals surface area contributed by atoms with Crippen LogP contribution in [0, 0.1) is 6.92 Å². The molecule has 0 saturated heterocycles. The lowest BCUT2D eigenvalue weighted by Crippen LogP contribution is -2.24. The molecule has 0 aliphatic carbocycles. The largest absolute Gasteiger partial charge is 0.495 e. The van der Waals surface area contributed by atoms with Crippen molar-refractivity contribution in [2.45, 2.75) is 12.8 Å². The van der Waals surface area contributed by atoms with Crippen LogP contribution in [0.15, 0.2) is 12.4 Å². The molecule has 9 nitrogen and oxygen atoms in total. The van der Waals surface area contributed by atoms with E-state index in [1.807, 2.05) is 6.92 Å². The summed E-state index contributed by atoms with van der Waals surface area (Å²) < 4.78 is 11.3. The minimum absolute atomic E-state index is 0.256. The lowest BCUT2D eigenvalue weighted by Gasteiger charge is -2.13. The third-order valence-electron chi connectivity index (χ3n) is 3.64. The summed E-state index contributed by atoms with van der Waals surface area (Å²) in [5, 5.41) is 11.0. The van der Waals surface area contributed by atoms with Gasteiger partial charge in [-0.2, -0.15) is 0 Å². The summed E-state index contributed by atoms with van der Waals surface area (Å²) in [6.07, 6.45) is 3.21. The van der Waals surface area contributed by atoms with E-state index < -0.39 is 17.7 Å². The van der Waals surface area contributed by atoms with E-state index in [2.05, 4.69) is 25.3 Å². The number of fused-ring (bicyclic) bond motifs is 1. The maximum absolute atomic E-state index is 12.2. The highest BCUT2D eigenvalue weighted by molar-refractivity contribution is 6.36. The molecular weight excluding hydrogens is 302 g/mol. The number of ketones is 1. The molecule has 120 valence electrons. The highest BCUT2D eigenvalue weighted by Crippen LogP contribution is 2.41. The van der Waals surface area contributed by atoms with Crippen LogP contribution in [-0.2, 0) is 14.3 Å². The van der Waals surface area contributed by atoms with Crippen molar-refractivity contribution >= 4 is 17.4 Å². The number of ether oxygens (including phenoxy) is 2. The second-order valence-corrected chi connectivity index (χ2v) is 5.03. The van der Waals surface area contributed by atoms with Gasteiger partial charge in [0.15, 0.2) is 5.82 Å². The number of anilines is 1. The summed E-state index contributed by atoms with van der Waals surface area (Å²) in [6.45, 7) is 2.07. The number of carbonyl (C=O) groups is 2. The van der Waals surface area contributed by atoms with E-state index in [1.54, 1.807) is 6.20 Å². The summed E-state index contributed by atoms with van der Waals surface area (Å²) in [5.41, 5.74) is 1.90. The molecule has 1 N–H and O–H groups in total. The quantitative estimate of drug-likeness (QED) is 0.630. The maximum Gasteiger partial charge on any atom is 0.375 e. The van der Waals surface area contributed by atoms with Crippen LogP contribution in [0.5, 0.6) is 5.75 Å². The standard InChI is InChI=1S/C14H15N5O4/c1-7-6-19(18-17-7)13-11-10(9(22-2)5-16-13)8(4-15-11)12(20)14(21)23-3/h5-6,8,15H,4H2,1-3H3. The number of esters is 1. The smallest absolute Gasteiger partial charge is 0.375 e. The Balaban J connectivity index is 2.11. The van der Waals surface area contributed by atoms with E-state index in [4.69, 9.17) is 4.74 Å². The topological polar surface area (TPSA) is 108 Å². The number of hydrogen-bond donors (Lipinski definition) is 1. The molecule has 0 saturated carbocycles. The average Bonchev–Trinajstić information content (AvgIpc) is 3.19. The van der Waals surface area contributed by atoms with Crippen molar-refractivity contribution < 1.29 is 19.1 Å². The van der Waals surface area contributed by atoms with E-state index in [0.29, 0.717) is 22.8 Å². The van der Waals surface area contributed by atoms with Crippen molar-refractivity contribution in [2.24, 2.45) is 0 Å². The number of nitrogens with zero attached hydrogens (tertiary/aromatic N) is 4. The number of rotatable bonds is 4. The first kappa shape index (κ1) is 14.9. The molecule has 0 radical (unpaired) electrons. The van der Waals surface area contributed by atoms with Gasteiger partial charge in [-0.1, -0.05) is 5.21 Å². The SMILES string of the molecule is COC(=O)C(=O)C1CNc2c(-n3cc(C)nn3)ncc(OC)c21. The van der Waals surface area contributed by atoms with E-state index in [-0.39, 0.29) is 6.54 Å². The van der Waals surface area contributed by atoms with Gasteiger partial charge in [0, 0.05) is 12.1 Å². The first-order valence-corrected chi connectivity index (χ1v) is 6.89. The van der Waals surface area contributed by atoms with Gasteiger partial charge < -0.3 is 14.8 Å². The molecule has 9 heteroatoms. The van der Waals surface area contributed by atoms with Crippen molar-refractivity contribution in [3.63, 3.8) is 0 Å². The van der Waals surface area contributed by atoms with Crippen molar-refractivity contribution in [2.75, 3.05) is 26.1 Å². The zero-order valence-electron chi connectivity index (χ0n) is 12.9. The second kappa shape index (κ2) is 5.67. The third kappa shape index (κ3) is 2.39. The monoisotopic (exact) mass is 317 g/mol. The van der Waals surface area contributed by atoms with Crippen LogP contribution in [0.4, 0.5) is 5.69 Å². The number of carbonyl (C=O) groups excluding carboxylic acids is 2. The maximum atomic E-state index is 12.2. The van der Waals surface area contributed by atoms with Gasteiger partial charge >= 0.3 is 5.97 Å². The van der Waals surface area contributed by atoms with Gasteiger partial charge in [0.2, 0.25) is 5.78 Å². The Morgan fingerprint density at radius 2 is 2.17 bits per heavy atom. The van der Waals surface area contributed by atoms with Gasteiger partial charge in [-0.15, -0.1) is 5.10 Å². The molecule has 0 bridgehead atoms. The van der Waals surface area contributed by atoms with Gasteiger partial charge in [0.05, 0.1) is 43.9 Å². The normalized spacial score (nSPS) is 15.7. The molecule has 23 heavy (non-hydrogen) atoms.